The van der Waals surface area contributed by atoms with Crippen LogP contribution in [0, 0.1) is 23.6 Å². The Bertz CT molecular complexity index is 363. The average Bonchev–Trinajstić information content (AvgIpc) is 2.06. The average molecular weight is 198 g/mol. The summed E-state index contributed by atoms with van der Waals surface area (Å²) in [5.74, 6) is 5.47. The maximum Gasteiger partial charge on any atom is 0.144 e. The SMILES string of the molecule is CC(C)C#Cc1cc(F)cnc1Cl. The number of nitrogens with zero attached hydrogens (tertiary/aromatic N) is 1. The Morgan fingerprint density at radius 1 is 1.54 bits per heavy atom. The summed E-state index contributed by atoms with van der Waals surface area (Å²) < 4.78 is 12.7. The van der Waals surface area contributed by atoms with Gasteiger partial charge in [-0.3, -0.25) is 0 Å². The molecule has 0 aliphatic rings. The standard InChI is InChI=1S/C10H9ClFN/c1-7(2)3-4-8-5-9(12)6-13-10(8)11/h5-7H,1-2H3. The van der Waals surface area contributed by atoms with Gasteiger partial charge in [-0.15, -0.1) is 0 Å². The van der Waals surface area contributed by atoms with Crippen molar-refractivity contribution in [1.29, 1.82) is 0 Å². The lowest BCUT2D eigenvalue weighted by Gasteiger charge is -1.94. The summed E-state index contributed by atoms with van der Waals surface area (Å²) in [6.07, 6.45) is 1.07. The maximum atomic E-state index is 12.7. The molecule has 1 heterocycles. The molecular weight excluding hydrogens is 189 g/mol. The smallest absolute Gasteiger partial charge is 0.144 e. The Balaban J connectivity index is 3.02. The Morgan fingerprint density at radius 3 is 2.85 bits per heavy atom. The molecule has 3 heteroatoms. The number of pyridine rings is 1. The van der Waals surface area contributed by atoms with Crippen molar-refractivity contribution in [1.82, 2.24) is 4.98 Å². The zero-order valence-corrected chi connectivity index (χ0v) is 8.19. The van der Waals surface area contributed by atoms with Crippen LogP contribution in [-0.2, 0) is 0 Å². The molecular formula is C10H9ClFN. The van der Waals surface area contributed by atoms with E-state index in [1.165, 1.54) is 6.07 Å². The first-order chi connectivity index (χ1) is 6.09. The molecule has 68 valence electrons. The van der Waals surface area contributed by atoms with Crippen LogP contribution in [0.15, 0.2) is 12.3 Å². The number of aromatic nitrogens is 1. The van der Waals surface area contributed by atoms with Crippen molar-refractivity contribution in [3.05, 3.63) is 28.8 Å². The van der Waals surface area contributed by atoms with Crippen molar-refractivity contribution in [3.63, 3.8) is 0 Å². The number of hydrogen-bond acceptors (Lipinski definition) is 1. The van der Waals surface area contributed by atoms with Gasteiger partial charge < -0.3 is 0 Å². The van der Waals surface area contributed by atoms with Crippen LogP contribution in [0.5, 0.6) is 0 Å². The molecule has 0 N–H and O–H groups in total. The molecule has 1 rings (SSSR count). The van der Waals surface area contributed by atoms with Crippen molar-refractivity contribution >= 4 is 11.6 Å². The van der Waals surface area contributed by atoms with E-state index in [-0.39, 0.29) is 11.1 Å². The van der Waals surface area contributed by atoms with Crippen molar-refractivity contribution in [2.45, 2.75) is 13.8 Å². The van der Waals surface area contributed by atoms with Crippen LogP contribution in [0.1, 0.15) is 19.4 Å². The van der Waals surface area contributed by atoms with E-state index in [2.05, 4.69) is 16.8 Å². The van der Waals surface area contributed by atoms with E-state index >= 15 is 0 Å². The summed E-state index contributed by atoms with van der Waals surface area (Å²) in [7, 11) is 0. The Kier molecular flexibility index (Phi) is 3.27. The summed E-state index contributed by atoms with van der Waals surface area (Å²) in [6.45, 7) is 3.90. The van der Waals surface area contributed by atoms with Gasteiger partial charge in [-0.05, 0) is 6.07 Å². The molecule has 0 unspecified atom stereocenters. The van der Waals surface area contributed by atoms with Gasteiger partial charge >= 0.3 is 0 Å². The van der Waals surface area contributed by atoms with Gasteiger partial charge in [0.2, 0.25) is 0 Å². The minimum Gasteiger partial charge on any atom is -0.240 e. The molecule has 1 aromatic heterocycles. The fraction of sp³-hybridized carbons (Fsp3) is 0.300. The molecule has 0 aliphatic heterocycles. The molecule has 1 nitrogen and oxygen atoms in total. The van der Waals surface area contributed by atoms with Crippen molar-refractivity contribution in [2.75, 3.05) is 0 Å². The summed E-state index contributed by atoms with van der Waals surface area (Å²) in [6, 6.07) is 1.28. The molecule has 0 amide bonds. The van der Waals surface area contributed by atoms with Gasteiger partial charge in [0.25, 0.3) is 0 Å². The van der Waals surface area contributed by atoms with E-state index in [1.54, 1.807) is 0 Å². The normalized spacial score (nSPS) is 9.62. The van der Waals surface area contributed by atoms with Gasteiger partial charge in [0.05, 0.1) is 11.8 Å². The highest BCUT2D eigenvalue weighted by Crippen LogP contribution is 2.12. The second kappa shape index (κ2) is 4.25. The molecule has 0 aromatic carbocycles. The van der Waals surface area contributed by atoms with Crippen LogP contribution >= 0.6 is 11.6 Å². The fourth-order valence-electron chi connectivity index (χ4n) is 0.732. The second-order valence-electron chi connectivity index (χ2n) is 2.92. The lowest BCUT2D eigenvalue weighted by Crippen LogP contribution is -1.86. The molecule has 0 spiro atoms. The van der Waals surface area contributed by atoms with Gasteiger partial charge in [-0.25, -0.2) is 9.37 Å². The highest BCUT2D eigenvalue weighted by Gasteiger charge is 1.99. The first kappa shape index (κ1) is 10.0. The first-order valence-corrected chi connectivity index (χ1v) is 4.30. The van der Waals surface area contributed by atoms with E-state index in [0.29, 0.717) is 5.56 Å². The molecule has 13 heavy (non-hydrogen) atoms. The topological polar surface area (TPSA) is 12.9 Å². The van der Waals surface area contributed by atoms with Crippen molar-refractivity contribution in [2.24, 2.45) is 5.92 Å². The third-order valence-electron chi connectivity index (χ3n) is 1.30. The molecule has 1 aromatic rings. The Labute approximate surface area is 81.9 Å². The van der Waals surface area contributed by atoms with E-state index in [0.717, 1.165) is 6.20 Å². The van der Waals surface area contributed by atoms with E-state index in [9.17, 15) is 4.39 Å². The Hall–Kier alpha value is -1.07. The highest BCUT2D eigenvalue weighted by atomic mass is 35.5. The lowest BCUT2D eigenvalue weighted by molar-refractivity contribution is 0.621. The van der Waals surface area contributed by atoms with E-state index < -0.39 is 5.82 Å². The van der Waals surface area contributed by atoms with Crippen molar-refractivity contribution in [3.8, 4) is 11.8 Å². The van der Waals surface area contributed by atoms with Gasteiger partial charge in [-0.1, -0.05) is 37.3 Å². The van der Waals surface area contributed by atoms with Crippen LogP contribution in [-0.4, -0.2) is 4.98 Å². The summed E-state index contributed by atoms with van der Waals surface area (Å²) in [5.41, 5.74) is 0.440. The molecule has 0 bridgehead atoms. The summed E-state index contributed by atoms with van der Waals surface area (Å²) in [5, 5.41) is 0.245. The largest absolute Gasteiger partial charge is 0.240 e. The maximum absolute atomic E-state index is 12.7. The predicted molar refractivity (Wildman–Crippen MR) is 50.9 cm³/mol. The van der Waals surface area contributed by atoms with Crippen LogP contribution in [0.3, 0.4) is 0 Å². The van der Waals surface area contributed by atoms with Crippen LogP contribution < -0.4 is 0 Å². The van der Waals surface area contributed by atoms with E-state index in [4.69, 9.17) is 11.6 Å². The molecule has 0 saturated heterocycles. The summed E-state index contributed by atoms with van der Waals surface area (Å²) >= 11 is 5.70. The Morgan fingerprint density at radius 2 is 2.23 bits per heavy atom. The van der Waals surface area contributed by atoms with Crippen molar-refractivity contribution < 1.29 is 4.39 Å². The van der Waals surface area contributed by atoms with Crippen LogP contribution in [0.2, 0.25) is 5.15 Å². The molecule has 0 atom stereocenters. The fourth-order valence-corrected chi connectivity index (χ4v) is 0.883. The number of halogens is 2. The minimum absolute atomic E-state index is 0.235. The van der Waals surface area contributed by atoms with Gasteiger partial charge in [0.15, 0.2) is 0 Å². The highest BCUT2D eigenvalue weighted by molar-refractivity contribution is 6.30. The third kappa shape index (κ3) is 3.04. The van der Waals surface area contributed by atoms with Gasteiger partial charge in [-0.2, -0.15) is 0 Å². The second-order valence-corrected chi connectivity index (χ2v) is 3.27. The zero-order valence-electron chi connectivity index (χ0n) is 7.44. The third-order valence-corrected chi connectivity index (χ3v) is 1.60. The molecule has 0 radical (unpaired) electrons. The summed E-state index contributed by atoms with van der Waals surface area (Å²) in [4.78, 5) is 3.64. The number of hydrogen-bond donors (Lipinski definition) is 0. The molecule has 0 saturated carbocycles. The predicted octanol–water partition coefficient (Wildman–Crippen LogP) is 2.88. The first-order valence-electron chi connectivity index (χ1n) is 3.92. The van der Waals surface area contributed by atoms with E-state index in [1.807, 2.05) is 13.8 Å². The van der Waals surface area contributed by atoms with Gasteiger partial charge in [0.1, 0.15) is 11.0 Å². The minimum atomic E-state index is -0.419. The number of rotatable bonds is 0. The van der Waals surface area contributed by atoms with Gasteiger partial charge in [0, 0.05) is 5.92 Å². The molecule has 0 aliphatic carbocycles. The lowest BCUT2D eigenvalue weighted by atomic mass is 10.2. The zero-order chi connectivity index (χ0) is 9.84. The van der Waals surface area contributed by atoms with Crippen LogP contribution in [0.4, 0.5) is 4.39 Å². The molecule has 0 fully saturated rings. The van der Waals surface area contributed by atoms with Crippen LogP contribution in [0.25, 0.3) is 0 Å². The quantitative estimate of drug-likeness (QED) is 0.460. The monoisotopic (exact) mass is 197 g/mol.